The van der Waals surface area contributed by atoms with Crippen molar-refractivity contribution in [2.24, 2.45) is 0 Å². The van der Waals surface area contributed by atoms with E-state index < -0.39 is 0 Å². The minimum atomic E-state index is 0. The predicted octanol–water partition coefficient (Wildman–Crippen LogP) is 0.149. The Labute approximate surface area is 58.0 Å². The number of hydrogen-bond acceptors (Lipinski definition) is 2. The van der Waals surface area contributed by atoms with Gasteiger partial charge in [-0.2, -0.15) is 0 Å². The maximum Gasteiger partial charge on any atom is 0.453 e. The van der Waals surface area contributed by atoms with Gasteiger partial charge in [-0.15, -0.1) is 0 Å². The first-order valence-corrected chi connectivity index (χ1v) is 2.13. The van der Waals surface area contributed by atoms with E-state index in [1.54, 1.807) is 0 Å². The Balaban J connectivity index is 0.000000360. The largest absolute Gasteiger partial charge is 0.453 e. The second-order valence-corrected chi connectivity index (χ2v) is 1.31. The van der Waals surface area contributed by atoms with Crippen LogP contribution in [-0.4, -0.2) is 20.3 Å². The second kappa shape index (κ2) is 3.65. The van der Waals surface area contributed by atoms with Gasteiger partial charge in [0, 0.05) is 21.1 Å². The summed E-state index contributed by atoms with van der Waals surface area (Å²) in [6.07, 6.45) is 0. The van der Waals surface area contributed by atoms with Gasteiger partial charge in [0.1, 0.15) is 0 Å². The van der Waals surface area contributed by atoms with Crippen molar-refractivity contribution >= 4 is 7.12 Å². The Morgan fingerprint density at radius 2 is 1.71 bits per heavy atom. The molecule has 0 aromatic rings. The molecular weight excluding hydrogens is 263 g/mol. The third-order valence-electron chi connectivity index (χ3n) is 0.788. The van der Waals surface area contributed by atoms with E-state index in [0.29, 0.717) is 0 Å². The van der Waals surface area contributed by atoms with Gasteiger partial charge in [0.25, 0.3) is 0 Å². The molecule has 0 aliphatic carbocycles. The molecule has 1 aliphatic heterocycles. The first kappa shape index (κ1) is 7.67. The first-order chi connectivity index (χ1) is 2.89. The van der Waals surface area contributed by atoms with Gasteiger partial charge in [-0.1, -0.05) is 0 Å². The van der Waals surface area contributed by atoms with Crippen molar-refractivity contribution in [2.45, 2.75) is 6.82 Å². The maximum absolute atomic E-state index is 4.93. The van der Waals surface area contributed by atoms with E-state index in [1.165, 1.54) is 0 Å². The van der Waals surface area contributed by atoms with Crippen molar-refractivity contribution < 1.29 is 30.4 Å². The molecule has 4 heteroatoms. The first-order valence-electron chi connectivity index (χ1n) is 2.13. The normalized spacial score (nSPS) is 19.3. The zero-order valence-electron chi connectivity index (χ0n) is 4.22. The zero-order valence-corrected chi connectivity index (χ0v) is 7.15. The van der Waals surface area contributed by atoms with E-state index in [2.05, 4.69) is 0 Å². The van der Waals surface area contributed by atoms with E-state index in [4.69, 9.17) is 9.31 Å². The van der Waals surface area contributed by atoms with Crippen molar-refractivity contribution in [1.29, 1.82) is 0 Å². The van der Waals surface area contributed by atoms with Crippen LogP contribution < -0.4 is 0 Å². The van der Waals surface area contributed by atoms with Gasteiger partial charge in [0.05, 0.1) is 13.2 Å². The molecule has 0 saturated carbocycles. The molecule has 7 heavy (non-hydrogen) atoms. The summed E-state index contributed by atoms with van der Waals surface area (Å²) in [7, 11) is 0.0463. The SMILES string of the molecule is CB1OCCO1.[W]. The fourth-order valence-corrected chi connectivity index (χ4v) is 0.476. The summed E-state index contributed by atoms with van der Waals surface area (Å²) < 4.78 is 9.86. The van der Waals surface area contributed by atoms with Crippen LogP contribution in [0.5, 0.6) is 0 Å². The smallest absolute Gasteiger partial charge is 0.409 e. The summed E-state index contributed by atoms with van der Waals surface area (Å²) in [6, 6.07) is 0. The third kappa shape index (κ3) is 2.48. The molecule has 0 aromatic carbocycles. The molecule has 1 heterocycles. The average molecular weight is 270 g/mol. The molecule has 1 saturated heterocycles. The van der Waals surface area contributed by atoms with Gasteiger partial charge in [-0.25, -0.2) is 0 Å². The van der Waals surface area contributed by atoms with Crippen molar-refractivity contribution in [1.82, 2.24) is 0 Å². The van der Waals surface area contributed by atoms with Crippen LogP contribution in [-0.2, 0) is 30.4 Å². The van der Waals surface area contributed by atoms with Gasteiger partial charge in [-0.05, 0) is 6.82 Å². The molecule has 0 N–H and O–H groups in total. The summed E-state index contributed by atoms with van der Waals surface area (Å²) in [5.74, 6) is 0. The number of rotatable bonds is 0. The molecule has 0 bridgehead atoms. The van der Waals surface area contributed by atoms with E-state index in [9.17, 15) is 0 Å². The summed E-state index contributed by atoms with van der Waals surface area (Å²) in [5, 5.41) is 0. The topological polar surface area (TPSA) is 18.5 Å². The molecule has 0 spiro atoms. The van der Waals surface area contributed by atoms with Gasteiger partial charge in [0.2, 0.25) is 0 Å². The molecule has 0 aromatic heterocycles. The fourth-order valence-electron chi connectivity index (χ4n) is 0.476. The van der Waals surface area contributed by atoms with Gasteiger partial charge in [-0.3, -0.25) is 0 Å². The van der Waals surface area contributed by atoms with Crippen molar-refractivity contribution in [2.75, 3.05) is 13.2 Å². The summed E-state index contributed by atoms with van der Waals surface area (Å²) in [5.41, 5.74) is 0. The van der Waals surface area contributed by atoms with E-state index in [-0.39, 0.29) is 28.2 Å². The molecule has 0 radical (unpaired) electrons. The second-order valence-electron chi connectivity index (χ2n) is 1.31. The predicted molar refractivity (Wildman–Crippen MR) is 23.5 cm³/mol. The Hall–Kier alpha value is 0.673. The molecule has 0 amide bonds. The fraction of sp³-hybridized carbons (Fsp3) is 1.00. The molecule has 0 atom stereocenters. The van der Waals surface area contributed by atoms with Crippen LogP contribution in [0.2, 0.25) is 6.82 Å². The molecule has 1 aliphatic rings. The molecule has 1 fully saturated rings. The minimum absolute atomic E-state index is 0. The Kier molecular flexibility index (Phi) is 4.00. The molecular formula is C3H7BO2W. The number of hydrogen-bond donors (Lipinski definition) is 0. The van der Waals surface area contributed by atoms with Crippen LogP contribution in [0.3, 0.4) is 0 Å². The molecule has 1 rings (SSSR count). The summed E-state index contributed by atoms with van der Waals surface area (Å²) in [4.78, 5) is 0. The van der Waals surface area contributed by atoms with Crippen LogP contribution >= 0.6 is 0 Å². The van der Waals surface area contributed by atoms with Crippen LogP contribution in [0.25, 0.3) is 0 Å². The Morgan fingerprint density at radius 1 is 1.29 bits per heavy atom. The van der Waals surface area contributed by atoms with Crippen molar-refractivity contribution in [3.63, 3.8) is 0 Å². The Bertz CT molecular complexity index is 46.2. The third-order valence-corrected chi connectivity index (χ3v) is 0.788. The van der Waals surface area contributed by atoms with Crippen LogP contribution in [0.4, 0.5) is 0 Å². The molecule has 2 nitrogen and oxygen atoms in total. The minimum Gasteiger partial charge on any atom is -0.409 e. The average Bonchev–Trinajstić information content (AvgIpc) is 1.86. The maximum atomic E-state index is 4.93. The van der Waals surface area contributed by atoms with E-state index in [1.807, 2.05) is 6.82 Å². The molecule has 0 unspecified atom stereocenters. The summed E-state index contributed by atoms with van der Waals surface area (Å²) in [6.45, 7) is 3.43. The zero-order chi connectivity index (χ0) is 4.41. The van der Waals surface area contributed by atoms with E-state index >= 15 is 0 Å². The van der Waals surface area contributed by atoms with Crippen molar-refractivity contribution in [3.05, 3.63) is 0 Å². The van der Waals surface area contributed by atoms with Gasteiger partial charge in [0.15, 0.2) is 0 Å². The Morgan fingerprint density at radius 3 is 1.86 bits per heavy atom. The van der Waals surface area contributed by atoms with Gasteiger partial charge >= 0.3 is 7.12 Å². The monoisotopic (exact) mass is 270 g/mol. The van der Waals surface area contributed by atoms with E-state index in [0.717, 1.165) is 13.2 Å². The van der Waals surface area contributed by atoms with Crippen molar-refractivity contribution in [3.8, 4) is 0 Å². The quantitative estimate of drug-likeness (QED) is 0.583. The van der Waals surface area contributed by atoms with Gasteiger partial charge < -0.3 is 9.31 Å². The summed E-state index contributed by atoms with van der Waals surface area (Å²) >= 11 is 0. The van der Waals surface area contributed by atoms with Crippen LogP contribution in [0, 0.1) is 0 Å². The van der Waals surface area contributed by atoms with Crippen LogP contribution in [0.1, 0.15) is 0 Å². The van der Waals surface area contributed by atoms with Crippen LogP contribution in [0.15, 0.2) is 0 Å². The molecule has 40 valence electrons. The standard InChI is InChI=1S/C3H7BO2.W/c1-4-5-2-3-6-4;/h2-3H2,1H3;.